The van der Waals surface area contributed by atoms with Gasteiger partial charge in [-0.05, 0) is 41.4 Å². The largest absolute Gasteiger partial charge is 0.460 e. The maximum absolute atomic E-state index is 12.1. The van der Waals surface area contributed by atoms with Crippen molar-refractivity contribution >= 4 is 17.4 Å². The summed E-state index contributed by atoms with van der Waals surface area (Å²) >= 11 is 5.81. The molecule has 0 N–H and O–H groups in total. The van der Waals surface area contributed by atoms with Gasteiger partial charge in [0.15, 0.2) is 12.3 Å². The van der Waals surface area contributed by atoms with Crippen LogP contribution < -0.4 is 4.57 Å². The number of Topliss-reactive ketones (excluding diaryl/α,β-unsaturated/α-hetero) is 1. The van der Waals surface area contributed by atoms with Gasteiger partial charge < -0.3 is 4.42 Å². The Bertz CT molecular complexity index is 735. The number of rotatable bonds is 4. The summed E-state index contributed by atoms with van der Waals surface area (Å²) in [7, 11) is 0. The van der Waals surface area contributed by atoms with Gasteiger partial charge in [0.1, 0.15) is 0 Å². The van der Waals surface area contributed by atoms with E-state index in [9.17, 15) is 4.79 Å². The van der Waals surface area contributed by atoms with Crippen LogP contribution in [0, 0.1) is 0 Å². The lowest BCUT2D eigenvalue weighted by Gasteiger charge is -2.00. The molecule has 1 aromatic carbocycles. The van der Waals surface area contributed by atoms with Crippen LogP contribution in [-0.4, -0.2) is 10.8 Å². The van der Waals surface area contributed by atoms with Crippen molar-refractivity contribution in [1.29, 1.82) is 0 Å². The lowest BCUT2D eigenvalue weighted by Crippen LogP contribution is -2.37. The zero-order chi connectivity index (χ0) is 14.7. The third-order valence-corrected chi connectivity index (χ3v) is 3.29. The molecule has 21 heavy (non-hydrogen) atoms. The molecule has 3 rings (SSSR count). The lowest BCUT2D eigenvalue weighted by molar-refractivity contribution is -0.686. The van der Waals surface area contributed by atoms with E-state index < -0.39 is 0 Å². The fourth-order valence-electron chi connectivity index (χ4n) is 1.94. The van der Waals surface area contributed by atoms with Crippen LogP contribution >= 0.6 is 11.6 Å². The molecule has 0 radical (unpaired) electrons. The third-order valence-electron chi connectivity index (χ3n) is 3.04. The van der Waals surface area contributed by atoms with Gasteiger partial charge in [-0.1, -0.05) is 11.6 Å². The van der Waals surface area contributed by atoms with Crippen LogP contribution in [0.1, 0.15) is 10.4 Å². The number of carbonyl (C=O) groups excluding carboxylic acids is 1. The topological polar surface area (TPSA) is 47.0 Å². The van der Waals surface area contributed by atoms with Gasteiger partial charge >= 0.3 is 0 Å². The minimum Gasteiger partial charge on any atom is -0.460 e. The Morgan fingerprint density at radius 3 is 2.62 bits per heavy atom. The summed E-state index contributed by atoms with van der Waals surface area (Å²) in [6.45, 7) is 0.229. The highest BCUT2D eigenvalue weighted by atomic mass is 35.5. The van der Waals surface area contributed by atoms with Gasteiger partial charge in [0.2, 0.25) is 11.5 Å². The normalized spacial score (nSPS) is 10.5. The van der Waals surface area contributed by atoms with Gasteiger partial charge in [0.05, 0.1) is 12.5 Å². The molecule has 2 aromatic heterocycles. The van der Waals surface area contributed by atoms with Crippen LogP contribution in [0.2, 0.25) is 5.02 Å². The summed E-state index contributed by atoms with van der Waals surface area (Å²) < 4.78 is 7.00. The van der Waals surface area contributed by atoms with Gasteiger partial charge in [-0.25, -0.2) is 4.57 Å². The Balaban J connectivity index is 1.73. The molecule has 0 saturated carbocycles. The Hall–Kier alpha value is -2.46. The summed E-state index contributed by atoms with van der Waals surface area (Å²) in [6, 6.07) is 12.3. The minimum absolute atomic E-state index is 0.00390. The van der Waals surface area contributed by atoms with Crippen molar-refractivity contribution in [3.8, 4) is 11.5 Å². The van der Waals surface area contributed by atoms with Gasteiger partial charge in [-0.2, -0.15) is 0 Å². The number of aromatic nitrogens is 2. The van der Waals surface area contributed by atoms with Crippen molar-refractivity contribution in [1.82, 2.24) is 4.98 Å². The van der Waals surface area contributed by atoms with Crippen molar-refractivity contribution in [3.05, 3.63) is 71.8 Å². The molecule has 5 heteroatoms. The molecular weight excluding hydrogens is 288 g/mol. The number of benzene rings is 1. The molecule has 0 unspecified atom stereocenters. The second-order valence-electron chi connectivity index (χ2n) is 4.53. The average molecular weight is 300 g/mol. The standard InChI is InChI=1S/C16H12ClN2O2/c17-13-5-3-12(4-6-13)15(20)10-19-8-7-14(18-11-19)16-2-1-9-21-16/h1-9,11H,10H2/q+1. The van der Waals surface area contributed by atoms with Crippen molar-refractivity contribution < 1.29 is 13.8 Å². The summed E-state index contributed by atoms with van der Waals surface area (Å²) in [6.07, 6.45) is 5.02. The minimum atomic E-state index is 0.00390. The summed E-state index contributed by atoms with van der Waals surface area (Å²) in [5.41, 5.74) is 1.36. The number of ketones is 1. The second-order valence-corrected chi connectivity index (χ2v) is 4.96. The van der Waals surface area contributed by atoms with E-state index in [1.54, 1.807) is 47.6 Å². The molecular formula is C16H12ClN2O2+. The number of hydrogen-bond donors (Lipinski definition) is 0. The monoisotopic (exact) mass is 299 g/mol. The number of nitrogens with zero attached hydrogens (tertiary/aromatic N) is 2. The number of furan rings is 1. The first kappa shape index (κ1) is 13.5. The summed E-state index contributed by atoms with van der Waals surface area (Å²) in [5, 5.41) is 0.615. The highest BCUT2D eigenvalue weighted by Gasteiger charge is 2.12. The molecule has 0 aliphatic carbocycles. The molecule has 2 heterocycles. The van der Waals surface area contributed by atoms with Crippen LogP contribution in [0.15, 0.2) is 65.7 Å². The first-order valence-electron chi connectivity index (χ1n) is 6.40. The first-order chi connectivity index (χ1) is 10.2. The van der Waals surface area contributed by atoms with E-state index in [0.717, 1.165) is 5.69 Å². The van der Waals surface area contributed by atoms with Crippen molar-refractivity contribution in [2.24, 2.45) is 0 Å². The van der Waals surface area contributed by atoms with E-state index in [0.29, 0.717) is 16.3 Å². The zero-order valence-electron chi connectivity index (χ0n) is 11.1. The molecule has 0 amide bonds. The lowest BCUT2D eigenvalue weighted by atomic mass is 10.1. The zero-order valence-corrected chi connectivity index (χ0v) is 11.8. The fourth-order valence-corrected chi connectivity index (χ4v) is 2.07. The molecule has 0 bridgehead atoms. The highest BCUT2D eigenvalue weighted by molar-refractivity contribution is 6.30. The summed E-state index contributed by atoms with van der Waals surface area (Å²) in [5.74, 6) is 0.704. The number of hydrogen-bond acceptors (Lipinski definition) is 3. The quantitative estimate of drug-likeness (QED) is 0.549. The maximum Gasteiger partial charge on any atom is 0.287 e. The number of carbonyl (C=O) groups is 1. The third kappa shape index (κ3) is 3.17. The van der Waals surface area contributed by atoms with E-state index in [1.807, 2.05) is 18.2 Å². The van der Waals surface area contributed by atoms with Gasteiger partial charge in [0.25, 0.3) is 6.33 Å². The predicted molar refractivity (Wildman–Crippen MR) is 77.9 cm³/mol. The van der Waals surface area contributed by atoms with Crippen molar-refractivity contribution in [3.63, 3.8) is 0 Å². The van der Waals surface area contributed by atoms with E-state index in [2.05, 4.69) is 4.98 Å². The van der Waals surface area contributed by atoms with Crippen molar-refractivity contribution in [2.45, 2.75) is 6.54 Å². The Morgan fingerprint density at radius 2 is 2.00 bits per heavy atom. The van der Waals surface area contributed by atoms with Gasteiger partial charge in [0, 0.05) is 16.7 Å². The molecule has 104 valence electrons. The molecule has 0 fully saturated rings. The Labute approximate surface area is 126 Å². The molecule has 0 spiro atoms. The van der Waals surface area contributed by atoms with E-state index >= 15 is 0 Å². The predicted octanol–water partition coefficient (Wildman–Crippen LogP) is 3.17. The maximum atomic E-state index is 12.1. The van der Waals surface area contributed by atoms with Crippen LogP contribution in [0.4, 0.5) is 0 Å². The average Bonchev–Trinajstić information content (AvgIpc) is 3.03. The van der Waals surface area contributed by atoms with E-state index in [-0.39, 0.29) is 12.3 Å². The highest BCUT2D eigenvalue weighted by Crippen LogP contribution is 2.15. The first-order valence-corrected chi connectivity index (χ1v) is 6.78. The van der Waals surface area contributed by atoms with E-state index in [4.69, 9.17) is 16.0 Å². The molecule has 0 atom stereocenters. The van der Waals surface area contributed by atoms with Gasteiger partial charge in [-0.3, -0.25) is 4.79 Å². The Kier molecular flexibility index (Phi) is 3.79. The smallest absolute Gasteiger partial charge is 0.287 e. The van der Waals surface area contributed by atoms with E-state index in [1.165, 1.54) is 0 Å². The second kappa shape index (κ2) is 5.89. The summed E-state index contributed by atoms with van der Waals surface area (Å²) in [4.78, 5) is 16.4. The fraction of sp³-hybridized carbons (Fsp3) is 0.0625. The molecule has 0 aliphatic heterocycles. The molecule has 0 aliphatic rings. The van der Waals surface area contributed by atoms with Crippen LogP contribution in [-0.2, 0) is 6.54 Å². The van der Waals surface area contributed by atoms with Crippen LogP contribution in [0.3, 0.4) is 0 Å². The molecule has 3 aromatic rings. The Morgan fingerprint density at radius 1 is 1.19 bits per heavy atom. The van der Waals surface area contributed by atoms with Gasteiger partial charge in [-0.15, -0.1) is 0 Å². The van der Waals surface area contributed by atoms with Crippen molar-refractivity contribution in [2.75, 3.05) is 0 Å². The number of halogens is 1. The molecule has 4 nitrogen and oxygen atoms in total. The molecule has 0 saturated heterocycles. The SMILES string of the molecule is O=C(C[n+]1ccc(-c2ccco2)nc1)c1ccc(Cl)cc1. The van der Waals surface area contributed by atoms with Crippen LogP contribution in [0.25, 0.3) is 11.5 Å². The van der Waals surface area contributed by atoms with Crippen LogP contribution in [0.5, 0.6) is 0 Å².